The molecule has 0 bridgehead atoms. The first-order valence-corrected chi connectivity index (χ1v) is 5.10. The number of aryl methyl sites for hydroxylation is 1. The molecule has 0 aliphatic rings. The summed E-state index contributed by atoms with van der Waals surface area (Å²) >= 11 is 0. The Balaban J connectivity index is 2.84. The third kappa shape index (κ3) is 3.42. The Bertz CT molecular complexity index is 315. The van der Waals surface area contributed by atoms with Crippen LogP contribution in [0, 0.1) is 6.92 Å². The van der Waals surface area contributed by atoms with Gasteiger partial charge in [-0.05, 0) is 37.6 Å². The lowest BCUT2D eigenvalue weighted by molar-refractivity contribution is 0.260. The highest BCUT2D eigenvalue weighted by molar-refractivity contribution is 5.59. The van der Waals surface area contributed by atoms with E-state index in [0.717, 1.165) is 16.9 Å². The third-order valence-corrected chi connectivity index (χ3v) is 2.10. The largest absolute Gasteiger partial charge is 0.395 e. The van der Waals surface area contributed by atoms with Gasteiger partial charge in [0.05, 0.1) is 12.3 Å². The van der Waals surface area contributed by atoms with Crippen molar-refractivity contribution in [3.63, 3.8) is 0 Å². The Kier molecular flexibility index (Phi) is 4.39. The van der Waals surface area contributed by atoms with Crippen LogP contribution in [0.3, 0.4) is 0 Å². The van der Waals surface area contributed by atoms with Crippen LogP contribution in [0.1, 0.15) is 12.5 Å². The molecule has 0 saturated carbocycles. The van der Waals surface area contributed by atoms with Gasteiger partial charge in [0.15, 0.2) is 0 Å². The first kappa shape index (κ1) is 11.8. The van der Waals surface area contributed by atoms with Crippen molar-refractivity contribution in [1.29, 1.82) is 0 Å². The van der Waals surface area contributed by atoms with E-state index < -0.39 is 0 Å². The Labute approximate surface area is 90.1 Å². The maximum absolute atomic E-state index is 9.56. The number of rotatable bonds is 5. The zero-order valence-corrected chi connectivity index (χ0v) is 9.20. The zero-order chi connectivity index (χ0) is 11.3. The van der Waals surface area contributed by atoms with E-state index in [-0.39, 0.29) is 6.61 Å². The Morgan fingerprint density at radius 1 is 1.33 bits per heavy atom. The van der Waals surface area contributed by atoms with E-state index in [9.17, 15) is 5.21 Å². The first-order chi connectivity index (χ1) is 7.17. The number of benzene rings is 1. The summed E-state index contributed by atoms with van der Waals surface area (Å²) in [6.07, 6.45) is 0. The molecule has 0 radical (unpaired) electrons. The van der Waals surface area contributed by atoms with E-state index in [4.69, 9.17) is 5.11 Å². The lowest BCUT2D eigenvalue weighted by Gasteiger charge is -2.16. The minimum Gasteiger partial charge on any atom is -0.395 e. The molecule has 15 heavy (non-hydrogen) atoms. The second kappa shape index (κ2) is 5.58. The van der Waals surface area contributed by atoms with Gasteiger partial charge in [-0.2, -0.15) is 0 Å². The zero-order valence-electron chi connectivity index (χ0n) is 9.20. The van der Waals surface area contributed by atoms with Crippen LogP contribution >= 0.6 is 0 Å². The quantitative estimate of drug-likeness (QED) is 0.646. The highest BCUT2D eigenvalue weighted by Crippen LogP contribution is 2.20. The van der Waals surface area contributed by atoms with E-state index in [2.05, 4.69) is 5.32 Å². The van der Waals surface area contributed by atoms with E-state index >= 15 is 0 Å². The summed E-state index contributed by atoms with van der Waals surface area (Å²) in [5, 5.41) is 22.5. The molecule has 1 aromatic carbocycles. The summed E-state index contributed by atoms with van der Waals surface area (Å²) in [6.45, 7) is 5.00. The third-order valence-electron chi connectivity index (χ3n) is 2.10. The van der Waals surface area contributed by atoms with Gasteiger partial charge in [-0.1, -0.05) is 0 Å². The molecule has 0 heterocycles. The summed E-state index contributed by atoms with van der Waals surface area (Å²) in [4.78, 5) is 0. The highest BCUT2D eigenvalue weighted by Gasteiger charge is 2.02. The lowest BCUT2D eigenvalue weighted by atomic mass is 10.2. The average molecular weight is 210 g/mol. The fourth-order valence-corrected chi connectivity index (χ4v) is 1.40. The van der Waals surface area contributed by atoms with Gasteiger partial charge in [0.25, 0.3) is 0 Å². The van der Waals surface area contributed by atoms with E-state index in [0.29, 0.717) is 13.1 Å². The predicted octanol–water partition coefficient (Wildman–Crippen LogP) is 1.61. The van der Waals surface area contributed by atoms with Gasteiger partial charge >= 0.3 is 0 Å². The van der Waals surface area contributed by atoms with Crippen molar-refractivity contribution in [2.45, 2.75) is 13.8 Å². The number of anilines is 2. The standard InChI is InChI=1S/C11H18N2O2/c1-3-13(15)11-7-9(2)6-10(8-11)12-4-5-14/h6-8,12,14-15H,3-5H2,1-2H3. The normalized spacial score (nSPS) is 10.1. The highest BCUT2D eigenvalue weighted by atomic mass is 16.5. The molecular weight excluding hydrogens is 192 g/mol. The van der Waals surface area contributed by atoms with E-state index in [1.165, 1.54) is 5.06 Å². The molecule has 1 rings (SSSR count). The first-order valence-electron chi connectivity index (χ1n) is 5.10. The van der Waals surface area contributed by atoms with Crippen LogP contribution < -0.4 is 10.4 Å². The summed E-state index contributed by atoms with van der Waals surface area (Å²) < 4.78 is 0. The van der Waals surface area contributed by atoms with Crippen LogP contribution in [0.5, 0.6) is 0 Å². The molecular formula is C11H18N2O2. The molecule has 0 atom stereocenters. The maximum atomic E-state index is 9.56. The van der Waals surface area contributed by atoms with Crippen molar-refractivity contribution in [3.05, 3.63) is 23.8 Å². The number of nitrogens with one attached hydrogen (secondary N) is 1. The second-order valence-corrected chi connectivity index (χ2v) is 3.42. The van der Waals surface area contributed by atoms with Gasteiger partial charge in [-0.25, -0.2) is 0 Å². The van der Waals surface area contributed by atoms with Crippen molar-refractivity contribution in [2.24, 2.45) is 0 Å². The number of hydrogen-bond acceptors (Lipinski definition) is 4. The van der Waals surface area contributed by atoms with Crippen molar-refractivity contribution in [3.8, 4) is 0 Å². The average Bonchev–Trinajstić information content (AvgIpc) is 2.24. The molecule has 84 valence electrons. The van der Waals surface area contributed by atoms with E-state index in [1.807, 2.05) is 32.0 Å². The smallest absolute Gasteiger partial charge is 0.0657 e. The van der Waals surface area contributed by atoms with Crippen molar-refractivity contribution in [2.75, 3.05) is 30.1 Å². The molecule has 0 aromatic heterocycles. The molecule has 1 aromatic rings. The summed E-state index contributed by atoms with van der Waals surface area (Å²) in [6, 6.07) is 5.74. The van der Waals surface area contributed by atoms with Gasteiger partial charge < -0.3 is 10.4 Å². The Morgan fingerprint density at radius 3 is 2.67 bits per heavy atom. The molecule has 4 nitrogen and oxygen atoms in total. The fourth-order valence-electron chi connectivity index (χ4n) is 1.40. The van der Waals surface area contributed by atoms with Crippen LogP contribution in [-0.2, 0) is 0 Å². The van der Waals surface area contributed by atoms with Crippen LogP contribution in [0.4, 0.5) is 11.4 Å². The lowest BCUT2D eigenvalue weighted by Crippen LogP contribution is -2.17. The summed E-state index contributed by atoms with van der Waals surface area (Å²) in [5.41, 5.74) is 2.74. The van der Waals surface area contributed by atoms with Crippen LogP contribution in [0.15, 0.2) is 18.2 Å². The van der Waals surface area contributed by atoms with Crippen LogP contribution in [0.2, 0.25) is 0 Å². The molecule has 3 N–H and O–H groups in total. The SMILES string of the molecule is CCN(O)c1cc(C)cc(NCCO)c1. The topological polar surface area (TPSA) is 55.7 Å². The number of hydrogen-bond donors (Lipinski definition) is 3. The number of aliphatic hydroxyl groups excluding tert-OH is 1. The molecule has 0 unspecified atom stereocenters. The van der Waals surface area contributed by atoms with Gasteiger partial charge in [0, 0.05) is 18.8 Å². The predicted molar refractivity (Wildman–Crippen MR) is 61.6 cm³/mol. The monoisotopic (exact) mass is 210 g/mol. The minimum absolute atomic E-state index is 0.0971. The fraction of sp³-hybridized carbons (Fsp3) is 0.455. The molecule has 0 spiro atoms. The molecule has 0 fully saturated rings. The van der Waals surface area contributed by atoms with Crippen LogP contribution in [-0.4, -0.2) is 30.0 Å². The van der Waals surface area contributed by atoms with E-state index in [1.54, 1.807) is 0 Å². The summed E-state index contributed by atoms with van der Waals surface area (Å²) in [5.74, 6) is 0. The van der Waals surface area contributed by atoms with Gasteiger partial charge in [0.1, 0.15) is 0 Å². The minimum atomic E-state index is 0.0971. The Morgan fingerprint density at radius 2 is 2.07 bits per heavy atom. The maximum Gasteiger partial charge on any atom is 0.0657 e. The molecule has 0 aliphatic carbocycles. The molecule has 0 amide bonds. The van der Waals surface area contributed by atoms with Gasteiger partial charge in [-0.3, -0.25) is 10.3 Å². The van der Waals surface area contributed by atoms with Gasteiger partial charge in [-0.15, -0.1) is 0 Å². The number of nitrogens with zero attached hydrogens (tertiary/aromatic N) is 1. The molecule has 0 saturated heterocycles. The van der Waals surface area contributed by atoms with Crippen LogP contribution in [0.25, 0.3) is 0 Å². The second-order valence-electron chi connectivity index (χ2n) is 3.42. The number of hydroxylamine groups is 1. The van der Waals surface area contributed by atoms with Crippen molar-refractivity contribution >= 4 is 11.4 Å². The molecule has 0 aliphatic heterocycles. The van der Waals surface area contributed by atoms with Gasteiger partial charge in [0.2, 0.25) is 0 Å². The molecule has 4 heteroatoms. The number of aliphatic hydroxyl groups is 1. The van der Waals surface area contributed by atoms with Crippen molar-refractivity contribution in [1.82, 2.24) is 0 Å². The van der Waals surface area contributed by atoms with Crippen molar-refractivity contribution < 1.29 is 10.3 Å². The Hall–Kier alpha value is -1.26. The summed E-state index contributed by atoms with van der Waals surface area (Å²) in [7, 11) is 0.